The molecule has 1 heterocycles. The number of H-pyrrole nitrogens is 1. The number of ether oxygens (including phenoxy) is 1. The number of hydrogen-bond acceptors (Lipinski definition) is 3. The summed E-state index contributed by atoms with van der Waals surface area (Å²) >= 11 is 0. The highest BCUT2D eigenvalue weighted by Crippen LogP contribution is 2.23. The van der Waals surface area contributed by atoms with Gasteiger partial charge < -0.3 is 9.72 Å². The number of aromatic nitrogens is 2. The SMILES string of the molecule is COc1ccc(-c2ccnc(=O)[nH]2)cc1F. The Morgan fingerprint density at radius 2 is 2.19 bits per heavy atom. The summed E-state index contributed by atoms with van der Waals surface area (Å²) in [6.45, 7) is 0. The molecule has 0 bridgehead atoms. The van der Waals surface area contributed by atoms with Crippen LogP contribution < -0.4 is 10.4 Å². The molecule has 0 unspecified atom stereocenters. The Bertz CT molecular complexity index is 566. The minimum Gasteiger partial charge on any atom is -0.494 e. The second-order valence-corrected chi connectivity index (χ2v) is 3.14. The molecule has 1 aromatic carbocycles. The van der Waals surface area contributed by atoms with E-state index in [1.807, 2.05) is 0 Å². The van der Waals surface area contributed by atoms with E-state index in [0.29, 0.717) is 11.3 Å². The lowest BCUT2D eigenvalue weighted by atomic mass is 10.1. The van der Waals surface area contributed by atoms with Crippen molar-refractivity contribution < 1.29 is 9.13 Å². The maximum atomic E-state index is 13.4. The van der Waals surface area contributed by atoms with E-state index >= 15 is 0 Å². The van der Waals surface area contributed by atoms with Crippen molar-refractivity contribution in [1.29, 1.82) is 0 Å². The number of rotatable bonds is 2. The Labute approximate surface area is 90.7 Å². The van der Waals surface area contributed by atoms with E-state index in [2.05, 4.69) is 9.97 Å². The number of hydrogen-bond donors (Lipinski definition) is 1. The van der Waals surface area contributed by atoms with Crippen LogP contribution in [0.15, 0.2) is 35.3 Å². The van der Waals surface area contributed by atoms with Gasteiger partial charge >= 0.3 is 5.69 Å². The predicted octanol–water partition coefficient (Wildman–Crippen LogP) is 1.58. The van der Waals surface area contributed by atoms with Crippen LogP contribution in [0.2, 0.25) is 0 Å². The number of nitrogens with zero attached hydrogens (tertiary/aromatic N) is 1. The van der Waals surface area contributed by atoms with Crippen molar-refractivity contribution in [3.05, 3.63) is 46.8 Å². The average Bonchev–Trinajstić information content (AvgIpc) is 2.29. The normalized spacial score (nSPS) is 10.1. The maximum Gasteiger partial charge on any atom is 0.345 e. The first-order chi connectivity index (χ1) is 7.70. The summed E-state index contributed by atoms with van der Waals surface area (Å²) in [5.41, 5.74) is 0.619. The quantitative estimate of drug-likeness (QED) is 0.836. The summed E-state index contributed by atoms with van der Waals surface area (Å²) in [6, 6.07) is 6.06. The van der Waals surface area contributed by atoms with Gasteiger partial charge in [0.1, 0.15) is 0 Å². The Morgan fingerprint density at radius 3 is 2.81 bits per heavy atom. The van der Waals surface area contributed by atoms with Gasteiger partial charge in [0.15, 0.2) is 11.6 Å². The van der Waals surface area contributed by atoms with E-state index in [1.54, 1.807) is 12.1 Å². The van der Waals surface area contributed by atoms with E-state index in [9.17, 15) is 9.18 Å². The molecule has 0 radical (unpaired) electrons. The van der Waals surface area contributed by atoms with Gasteiger partial charge in [-0.1, -0.05) is 0 Å². The van der Waals surface area contributed by atoms with Crippen molar-refractivity contribution in [2.24, 2.45) is 0 Å². The molecule has 2 rings (SSSR count). The molecule has 2 aromatic rings. The third kappa shape index (κ3) is 1.93. The molecule has 82 valence electrons. The molecule has 1 N–H and O–H groups in total. The van der Waals surface area contributed by atoms with Gasteiger partial charge in [0.05, 0.1) is 12.8 Å². The van der Waals surface area contributed by atoms with Crippen LogP contribution in [0, 0.1) is 5.82 Å². The number of methoxy groups -OCH3 is 1. The topological polar surface area (TPSA) is 55.0 Å². The third-order valence-electron chi connectivity index (χ3n) is 2.14. The lowest BCUT2D eigenvalue weighted by Crippen LogP contribution is -2.09. The molecule has 0 aliphatic carbocycles. The average molecular weight is 220 g/mol. The smallest absolute Gasteiger partial charge is 0.345 e. The van der Waals surface area contributed by atoms with Crippen molar-refractivity contribution in [3.8, 4) is 17.0 Å². The molecular weight excluding hydrogens is 211 g/mol. The Morgan fingerprint density at radius 1 is 1.38 bits per heavy atom. The van der Waals surface area contributed by atoms with E-state index in [4.69, 9.17) is 4.74 Å². The number of nitrogens with one attached hydrogen (secondary N) is 1. The first kappa shape index (κ1) is 10.4. The molecule has 0 amide bonds. The molecule has 0 saturated heterocycles. The van der Waals surface area contributed by atoms with Crippen LogP contribution in [0.3, 0.4) is 0 Å². The standard InChI is InChI=1S/C11H9FN2O2/c1-16-10-3-2-7(6-8(10)12)9-4-5-13-11(15)14-9/h2-6H,1H3,(H,13,14,15). The molecule has 0 aliphatic rings. The molecule has 0 atom stereocenters. The summed E-state index contributed by atoms with van der Waals surface area (Å²) in [5.74, 6) is -0.308. The molecule has 1 aromatic heterocycles. The predicted molar refractivity (Wildman–Crippen MR) is 56.8 cm³/mol. The second-order valence-electron chi connectivity index (χ2n) is 3.14. The van der Waals surface area contributed by atoms with Gasteiger partial charge in [0, 0.05) is 11.8 Å². The Balaban J connectivity index is 2.49. The molecule has 0 aliphatic heterocycles. The maximum absolute atomic E-state index is 13.4. The van der Waals surface area contributed by atoms with Crippen molar-refractivity contribution in [3.63, 3.8) is 0 Å². The fraction of sp³-hybridized carbons (Fsp3) is 0.0909. The molecule has 0 fully saturated rings. The van der Waals surface area contributed by atoms with Gasteiger partial charge in [-0.05, 0) is 24.3 Å². The number of aromatic amines is 1. The molecule has 16 heavy (non-hydrogen) atoms. The minimum absolute atomic E-state index is 0.167. The van der Waals surface area contributed by atoms with Gasteiger partial charge in [-0.2, -0.15) is 0 Å². The number of benzene rings is 1. The zero-order valence-electron chi connectivity index (χ0n) is 8.53. The fourth-order valence-electron chi connectivity index (χ4n) is 1.37. The van der Waals surface area contributed by atoms with Crippen LogP contribution in [0.1, 0.15) is 0 Å². The molecule has 5 heteroatoms. The largest absolute Gasteiger partial charge is 0.494 e. The summed E-state index contributed by atoms with van der Waals surface area (Å²) in [7, 11) is 1.40. The van der Waals surface area contributed by atoms with Gasteiger partial charge in [-0.15, -0.1) is 0 Å². The third-order valence-corrected chi connectivity index (χ3v) is 2.14. The summed E-state index contributed by atoms with van der Waals surface area (Å²) in [4.78, 5) is 17.0. The zero-order chi connectivity index (χ0) is 11.5. The Kier molecular flexibility index (Phi) is 2.68. The van der Waals surface area contributed by atoms with Crippen LogP contribution in [0.5, 0.6) is 5.75 Å². The van der Waals surface area contributed by atoms with Crippen molar-refractivity contribution in [2.75, 3.05) is 7.11 Å². The minimum atomic E-state index is -0.474. The van der Waals surface area contributed by atoms with E-state index in [-0.39, 0.29) is 5.75 Å². The fourth-order valence-corrected chi connectivity index (χ4v) is 1.37. The summed E-state index contributed by atoms with van der Waals surface area (Å²) in [5, 5.41) is 0. The van der Waals surface area contributed by atoms with Gasteiger partial charge in [0.2, 0.25) is 0 Å². The number of halogens is 1. The summed E-state index contributed by atoms with van der Waals surface area (Å²) < 4.78 is 18.2. The second kappa shape index (κ2) is 4.14. The highest BCUT2D eigenvalue weighted by atomic mass is 19.1. The zero-order valence-corrected chi connectivity index (χ0v) is 8.53. The highest BCUT2D eigenvalue weighted by molar-refractivity contribution is 5.59. The van der Waals surface area contributed by atoms with Crippen LogP contribution in [-0.2, 0) is 0 Å². The van der Waals surface area contributed by atoms with Gasteiger partial charge in [-0.3, -0.25) is 0 Å². The van der Waals surface area contributed by atoms with Gasteiger partial charge in [-0.25, -0.2) is 14.2 Å². The van der Waals surface area contributed by atoms with Crippen LogP contribution >= 0.6 is 0 Å². The van der Waals surface area contributed by atoms with Crippen LogP contribution in [0.4, 0.5) is 4.39 Å². The molecule has 0 saturated carbocycles. The highest BCUT2D eigenvalue weighted by Gasteiger charge is 2.05. The summed E-state index contributed by atoms with van der Waals surface area (Å²) in [6.07, 6.45) is 1.37. The van der Waals surface area contributed by atoms with E-state index in [1.165, 1.54) is 25.4 Å². The van der Waals surface area contributed by atoms with Crippen molar-refractivity contribution in [2.45, 2.75) is 0 Å². The first-order valence-corrected chi connectivity index (χ1v) is 4.60. The van der Waals surface area contributed by atoms with E-state index < -0.39 is 11.5 Å². The molecular formula is C11H9FN2O2. The lowest BCUT2D eigenvalue weighted by Gasteiger charge is -2.04. The first-order valence-electron chi connectivity index (χ1n) is 4.60. The van der Waals surface area contributed by atoms with Crippen molar-refractivity contribution in [1.82, 2.24) is 9.97 Å². The van der Waals surface area contributed by atoms with Crippen LogP contribution in [-0.4, -0.2) is 17.1 Å². The van der Waals surface area contributed by atoms with Crippen LogP contribution in [0.25, 0.3) is 11.3 Å². The van der Waals surface area contributed by atoms with E-state index in [0.717, 1.165) is 0 Å². The molecule has 0 spiro atoms. The molecule has 4 nitrogen and oxygen atoms in total. The van der Waals surface area contributed by atoms with Gasteiger partial charge in [0.25, 0.3) is 0 Å². The Hall–Kier alpha value is -2.17. The van der Waals surface area contributed by atoms with Crippen molar-refractivity contribution >= 4 is 0 Å². The monoisotopic (exact) mass is 220 g/mol. The lowest BCUT2D eigenvalue weighted by molar-refractivity contribution is 0.386.